The van der Waals surface area contributed by atoms with Crippen molar-refractivity contribution in [1.82, 2.24) is 0 Å². The van der Waals surface area contributed by atoms with E-state index in [1.54, 1.807) is 11.8 Å². The van der Waals surface area contributed by atoms with E-state index in [1.807, 2.05) is 36.4 Å². The SMILES string of the molecule is Cc1ccc(NC(=S)Nc2ccccc2Sc2ccccc2)c(C)c1. The number of anilines is 2. The summed E-state index contributed by atoms with van der Waals surface area (Å²) in [6, 6.07) is 24.8. The van der Waals surface area contributed by atoms with Crippen LogP contribution in [0.4, 0.5) is 11.4 Å². The molecule has 126 valence electrons. The quantitative estimate of drug-likeness (QED) is 0.533. The van der Waals surface area contributed by atoms with Crippen LogP contribution in [0.25, 0.3) is 0 Å². The van der Waals surface area contributed by atoms with Gasteiger partial charge >= 0.3 is 0 Å². The Kier molecular flexibility index (Phi) is 5.74. The van der Waals surface area contributed by atoms with Crippen LogP contribution in [-0.2, 0) is 0 Å². The Morgan fingerprint density at radius 2 is 1.48 bits per heavy atom. The van der Waals surface area contributed by atoms with E-state index in [-0.39, 0.29) is 0 Å². The van der Waals surface area contributed by atoms with Gasteiger partial charge in [-0.25, -0.2) is 0 Å². The lowest BCUT2D eigenvalue weighted by molar-refractivity contribution is 1.37. The minimum atomic E-state index is 0.591. The predicted molar refractivity (Wildman–Crippen MR) is 113 cm³/mol. The molecular weight excluding hydrogens is 344 g/mol. The van der Waals surface area contributed by atoms with Gasteiger partial charge in [-0.1, -0.05) is 59.8 Å². The zero-order chi connectivity index (χ0) is 17.6. The first-order chi connectivity index (χ1) is 12.1. The fraction of sp³-hybridized carbons (Fsp3) is 0.0952. The van der Waals surface area contributed by atoms with Crippen molar-refractivity contribution in [3.05, 3.63) is 83.9 Å². The third kappa shape index (κ3) is 4.84. The van der Waals surface area contributed by atoms with Gasteiger partial charge in [-0.05, 0) is 62.0 Å². The van der Waals surface area contributed by atoms with E-state index in [9.17, 15) is 0 Å². The second-order valence-corrected chi connectivity index (χ2v) is 7.33. The van der Waals surface area contributed by atoms with Crippen LogP contribution in [0.15, 0.2) is 82.6 Å². The minimum Gasteiger partial charge on any atom is -0.332 e. The molecule has 0 unspecified atom stereocenters. The van der Waals surface area contributed by atoms with Gasteiger partial charge in [0, 0.05) is 15.5 Å². The largest absolute Gasteiger partial charge is 0.332 e. The number of rotatable bonds is 4. The summed E-state index contributed by atoms with van der Waals surface area (Å²) in [6.45, 7) is 4.17. The molecule has 0 aliphatic rings. The van der Waals surface area contributed by atoms with Crippen molar-refractivity contribution >= 4 is 40.5 Å². The molecule has 0 radical (unpaired) electrons. The van der Waals surface area contributed by atoms with Crippen molar-refractivity contribution in [2.45, 2.75) is 23.6 Å². The maximum absolute atomic E-state index is 5.50. The van der Waals surface area contributed by atoms with E-state index in [0.29, 0.717) is 5.11 Å². The van der Waals surface area contributed by atoms with Crippen LogP contribution >= 0.6 is 24.0 Å². The molecule has 4 heteroatoms. The standard InChI is InChI=1S/C21H20N2S2/c1-15-12-13-18(16(2)14-15)22-21(24)23-19-10-6-7-11-20(19)25-17-8-4-3-5-9-17/h3-14H,1-2H3,(H2,22,23,24). The summed E-state index contributed by atoms with van der Waals surface area (Å²) in [6.07, 6.45) is 0. The number of hydrogen-bond donors (Lipinski definition) is 2. The lowest BCUT2D eigenvalue weighted by Gasteiger charge is -2.15. The Labute approximate surface area is 158 Å². The molecule has 0 aliphatic heterocycles. The number of aryl methyl sites for hydroxylation is 2. The molecule has 0 saturated heterocycles. The molecule has 2 nitrogen and oxygen atoms in total. The number of benzene rings is 3. The monoisotopic (exact) mass is 364 g/mol. The summed E-state index contributed by atoms with van der Waals surface area (Å²) in [5.74, 6) is 0. The van der Waals surface area contributed by atoms with E-state index >= 15 is 0 Å². The first-order valence-electron chi connectivity index (χ1n) is 8.09. The third-order valence-electron chi connectivity index (χ3n) is 3.74. The van der Waals surface area contributed by atoms with Gasteiger partial charge in [0.15, 0.2) is 5.11 Å². The van der Waals surface area contributed by atoms with Crippen molar-refractivity contribution in [1.29, 1.82) is 0 Å². The molecule has 0 saturated carbocycles. The molecule has 3 aromatic rings. The molecule has 2 N–H and O–H groups in total. The normalized spacial score (nSPS) is 10.3. The van der Waals surface area contributed by atoms with Gasteiger partial charge in [0.1, 0.15) is 0 Å². The highest BCUT2D eigenvalue weighted by atomic mass is 32.2. The van der Waals surface area contributed by atoms with Crippen LogP contribution in [0, 0.1) is 13.8 Å². The van der Waals surface area contributed by atoms with Crippen LogP contribution in [0.5, 0.6) is 0 Å². The predicted octanol–water partition coefficient (Wildman–Crippen LogP) is 6.26. The average Bonchev–Trinajstić information content (AvgIpc) is 2.60. The van der Waals surface area contributed by atoms with Crippen LogP contribution in [0.2, 0.25) is 0 Å². The number of nitrogens with one attached hydrogen (secondary N) is 2. The summed E-state index contributed by atoms with van der Waals surface area (Å²) in [4.78, 5) is 2.34. The van der Waals surface area contributed by atoms with Gasteiger partial charge in [0.2, 0.25) is 0 Å². The van der Waals surface area contributed by atoms with Gasteiger partial charge in [-0.3, -0.25) is 0 Å². The summed E-state index contributed by atoms with van der Waals surface area (Å²) in [5.41, 5.74) is 4.44. The van der Waals surface area contributed by atoms with Crippen LogP contribution in [0.3, 0.4) is 0 Å². The third-order valence-corrected chi connectivity index (χ3v) is 5.02. The van der Waals surface area contributed by atoms with E-state index in [0.717, 1.165) is 16.3 Å². The van der Waals surface area contributed by atoms with E-state index < -0.39 is 0 Å². The Hall–Kier alpha value is -2.30. The second kappa shape index (κ2) is 8.19. The number of para-hydroxylation sites is 1. The molecular formula is C21H20N2S2. The molecule has 0 aromatic heterocycles. The Morgan fingerprint density at radius 1 is 0.800 bits per heavy atom. The lowest BCUT2D eigenvalue weighted by atomic mass is 10.1. The van der Waals surface area contributed by atoms with E-state index in [1.165, 1.54) is 16.0 Å². The molecule has 25 heavy (non-hydrogen) atoms. The molecule has 0 atom stereocenters. The van der Waals surface area contributed by atoms with Crippen molar-refractivity contribution < 1.29 is 0 Å². The first-order valence-corrected chi connectivity index (χ1v) is 9.31. The Morgan fingerprint density at radius 3 is 2.24 bits per heavy atom. The summed E-state index contributed by atoms with van der Waals surface area (Å²) in [7, 11) is 0. The first kappa shape index (κ1) is 17.5. The van der Waals surface area contributed by atoms with Gasteiger partial charge in [-0.2, -0.15) is 0 Å². The van der Waals surface area contributed by atoms with Gasteiger partial charge < -0.3 is 10.6 Å². The highest BCUT2D eigenvalue weighted by molar-refractivity contribution is 7.99. The molecule has 0 aliphatic carbocycles. The number of thiocarbonyl (C=S) groups is 1. The maximum atomic E-state index is 5.50. The molecule has 3 rings (SSSR count). The fourth-order valence-electron chi connectivity index (χ4n) is 2.50. The van der Waals surface area contributed by atoms with Crippen LogP contribution < -0.4 is 10.6 Å². The number of hydrogen-bond acceptors (Lipinski definition) is 2. The van der Waals surface area contributed by atoms with Crippen LogP contribution in [0.1, 0.15) is 11.1 Å². The summed E-state index contributed by atoms with van der Waals surface area (Å²) < 4.78 is 0. The fourth-order valence-corrected chi connectivity index (χ4v) is 3.65. The molecule has 3 aromatic carbocycles. The summed E-state index contributed by atoms with van der Waals surface area (Å²) in [5, 5.41) is 7.20. The van der Waals surface area contributed by atoms with Crippen molar-refractivity contribution in [2.75, 3.05) is 10.6 Å². The minimum absolute atomic E-state index is 0.591. The average molecular weight is 365 g/mol. The van der Waals surface area contributed by atoms with Crippen molar-refractivity contribution in [3.63, 3.8) is 0 Å². The highest BCUT2D eigenvalue weighted by Crippen LogP contribution is 2.33. The molecule has 0 bridgehead atoms. The smallest absolute Gasteiger partial charge is 0.175 e. The zero-order valence-electron chi connectivity index (χ0n) is 14.2. The maximum Gasteiger partial charge on any atom is 0.175 e. The topological polar surface area (TPSA) is 24.1 Å². The van der Waals surface area contributed by atoms with Gasteiger partial charge in [0.25, 0.3) is 0 Å². The molecule has 0 fully saturated rings. The van der Waals surface area contributed by atoms with Gasteiger partial charge in [-0.15, -0.1) is 0 Å². The Balaban J connectivity index is 1.73. The molecule has 0 heterocycles. The zero-order valence-corrected chi connectivity index (χ0v) is 15.9. The molecule has 0 amide bonds. The summed E-state index contributed by atoms with van der Waals surface area (Å²) >= 11 is 7.22. The van der Waals surface area contributed by atoms with Gasteiger partial charge in [0.05, 0.1) is 5.69 Å². The van der Waals surface area contributed by atoms with E-state index in [2.05, 4.69) is 60.9 Å². The van der Waals surface area contributed by atoms with E-state index in [4.69, 9.17) is 12.2 Å². The Bertz CT molecular complexity index is 876. The van der Waals surface area contributed by atoms with Crippen LogP contribution in [-0.4, -0.2) is 5.11 Å². The highest BCUT2D eigenvalue weighted by Gasteiger charge is 2.07. The van der Waals surface area contributed by atoms with Crippen molar-refractivity contribution in [3.8, 4) is 0 Å². The molecule has 0 spiro atoms. The second-order valence-electron chi connectivity index (χ2n) is 5.81. The lowest BCUT2D eigenvalue weighted by Crippen LogP contribution is -2.20. The van der Waals surface area contributed by atoms with Crippen molar-refractivity contribution in [2.24, 2.45) is 0 Å².